The third kappa shape index (κ3) is 2.30. The van der Waals surface area contributed by atoms with Crippen LogP contribution in [0.15, 0.2) is 24.3 Å². The van der Waals surface area contributed by atoms with E-state index in [9.17, 15) is 4.79 Å². The van der Waals surface area contributed by atoms with Gasteiger partial charge in [-0.3, -0.25) is 4.79 Å². The molecule has 1 heterocycles. The van der Waals surface area contributed by atoms with E-state index in [2.05, 4.69) is 6.07 Å². The van der Waals surface area contributed by atoms with Gasteiger partial charge in [-0.25, -0.2) is 0 Å². The number of ether oxygens (including phenoxy) is 1. The fourth-order valence-electron chi connectivity index (χ4n) is 2.17. The van der Waals surface area contributed by atoms with E-state index in [0.717, 1.165) is 11.3 Å². The molecule has 0 N–H and O–H groups in total. The molecule has 2 unspecified atom stereocenters. The molecule has 1 aliphatic rings. The van der Waals surface area contributed by atoms with Crippen molar-refractivity contribution >= 4 is 5.91 Å². The number of nitriles is 1. The maximum absolute atomic E-state index is 12.3. The molecule has 1 aromatic carbocycles. The molecule has 2 atom stereocenters. The van der Waals surface area contributed by atoms with Crippen LogP contribution in [0.2, 0.25) is 0 Å². The van der Waals surface area contributed by atoms with Crippen LogP contribution < -0.4 is 4.74 Å². The topological polar surface area (TPSA) is 53.3 Å². The van der Waals surface area contributed by atoms with E-state index >= 15 is 0 Å². The molecule has 2 rings (SSSR count). The van der Waals surface area contributed by atoms with Gasteiger partial charge in [0, 0.05) is 19.2 Å². The summed E-state index contributed by atoms with van der Waals surface area (Å²) in [7, 11) is 1.73. The van der Waals surface area contributed by atoms with Gasteiger partial charge in [0.1, 0.15) is 18.3 Å². The van der Waals surface area contributed by atoms with E-state index in [0.29, 0.717) is 13.2 Å². The standard InChI is InChI=1S/C14H16N2O2/c1-10(7-15)8-16(2)14(17)12-9-18-13-6-4-3-5-11(12)13/h3-6,10,12H,8-9H2,1-2H3. The van der Waals surface area contributed by atoms with Gasteiger partial charge in [-0.15, -0.1) is 0 Å². The molecule has 0 saturated heterocycles. The largest absolute Gasteiger partial charge is 0.492 e. The van der Waals surface area contributed by atoms with Crippen LogP contribution >= 0.6 is 0 Å². The van der Waals surface area contributed by atoms with Gasteiger partial charge >= 0.3 is 0 Å². The van der Waals surface area contributed by atoms with Gasteiger partial charge in [-0.05, 0) is 13.0 Å². The average Bonchev–Trinajstić information content (AvgIpc) is 2.81. The second-order valence-corrected chi connectivity index (χ2v) is 4.65. The number of carbonyl (C=O) groups excluding carboxylic acids is 1. The lowest BCUT2D eigenvalue weighted by atomic mass is 9.99. The number of para-hydroxylation sites is 1. The molecule has 0 fully saturated rings. The van der Waals surface area contributed by atoms with Crippen molar-refractivity contribution in [1.29, 1.82) is 5.26 Å². The first-order valence-corrected chi connectivity index (χ1v) is 5.99. The maximum Gasteiger partial charge on any atom is 0.233 e. The Morgan fingerprint density at radius 2 is 2.33 bits per heavy atom. The van der Waals surface area contributed by atoms with Crippen molar-refractivity contribution in [3.05, 3.63) is 29.8 Å². The smallest absolute Gasteiger partial charge is 0.233 e. The minimum Gasteiger partial charge on any atom is -0.492 e. The Hall–Kier alpha value is -2.02. The summed E-state index contributed by atoms with van der Waals surface area (Å²) in [5.74, 6) is 0.410. The Balaban J connectivity index is 2.10. The van der Waals surface area contributed by atoms with Crippen molar-refractivity contribution in [2.24, 2.45) is 5.92 Å². The Kier molecular flexibility index (Phi) is 3.52. The van der Waals surface area contributed by atoms with Crippen molar-refractivity contribution in [3.63, 3.8) is 0 Å². The molecule has 4 nitrogen and oxygen atoms in total. The number of hydrogen-bond donors (Lipinski definition) is 0. The second-order valence-electron chi connectivity index (χ2n) is 4.65. The molecule has 4 heteroatoms. The van der Waals surface area contributed by atoms with Crippen LogP contribution in [0.3, 0.4) is 0 Å². The number of carbonyl (C=O) groups is 1. The molecule has 0 spiro atoms. The maximum atomic E-state index is 12.3. The molecule has 0 bridgehead atoms. The van der Waals surface area contributed by atoms with Crippen molar-refractivity contribution in [2.75, 3.05) is 20.2 Å². The van der Waals surface area contributed by atoms with Crippen molar-refractivity contribution < 1.29 is 9.53 Å². The lowest BCUT2D eigenvalue weighted by Crippen LogP contribution is -2.35. The highest BCUT2D eigenvalue weighted by Crippen LogP contribution is 2.34. The van der Waals surface area contributed by atoms with Gasteiger partial charge in [0.2, 0.25) is 5.91 Å². The zero-order valence-corrected chi connectivity index (χ0v) is 10.6. The third-order valence-corrected chi connectivity index (χ3v) is 3.14. The number of rotatable bonds is 3. The first-order chi connectivity index (χ1) is 8.63. The molecular formula is C14H16N2O2. The van der Waals surface area contributed by atoms with E-state index in [4.69, 9.17) is 10.00 Å². The predicted octanol–water partition coefficient (Wildman–Crippen LogP) is 1.78. The Labute approximate surface area is 107 Å². The van der Waals surface area contributed by atoms with E-state index in [1.165, 1.54) is 0 Å². The van der Waals surface area contributed by atoms with Gasteiger partial charge in [-0.1, -0.05) is 18.2 Å². The second kappa shape index (κ2) is 5.09. The summed E-state index contributed by atoms with van der Waals surface area (Å²) in [5.41, 5.74) is 0.943. The van der Waals surface area contributed by atoms with E-state index in [1.54, 1.807) is 11.9 Å². The SMILES string of the molecule is CC(C#N)CN(C)C(=O)C1COc2ccccc21. The van der Waals surface area contributed by atoms with Crippen LogP contribution in [0.1, 0.15) is 18.4 Å². The van der Waals surface area contributed by atoms with Crippen molar-refractivity contribution in [2.45, 2.75) is 12.8 Å². The summed E-state index contributed by atoms with van der Waals surface area (Å²) in [4.78, 5) is 13.9. The minimum absolute atomic E-state index is 0.0158. The highest BCUT2D eigenvalue weighted by molar-refractivity contribution is 5.85. The summed E-state index contributed by atoms with van der Waals surface area (Å²) in [6, 6.07) is 9.74. The monoisotopic (exact) mass is 244 g/mol. The van der Waals surface area contributed by atoms with Crippen LogP contribution in [0.25, 0.3) is 0 Å². The van der Waals surface area contributed by atoms with Gasteiger partial charge < -0.3 is 9.64 Å². The minimum atomic E-state index is -0.239. The van der Waals surface area contributed by atoms with Gasteiger partial charge in [0.15, 0.2) is 0 Å². The summed E-state index contributed by atoms with van der Waals surface area (Å²) in [6.45, 7) is 2.65. The number of hydrogen-bond acceptors (Lipinski definition) is 3. The fraction of sp³-hybridized carbons (Fsp3) is 0.429. The Morgan fingerprint density at radius 3 is 3.06 bits per heavy atom. The lowest BCUT2D eigenvalue weighted by Gasteiger charge is -2.21. The quantitative estimate of drug-likeness (QED) is 0.814. The molecule has 0 aromatic heterocycles. The highest BCUT2D eigenvalue weighted by Gasteiger charge is 2.32. The average molecular weight is 244 g/mol. The zero-order valence-electron chi connectivity index (χ0n) is 10.6. The molecule has 1 amide bonds. The van der Waals surface area contributed by atoms with Crippen LogP contribution in [0, 0.1) is 17.2 Å². The number of nitrogens with zero attached hydrogens (tertiary/aromatic N) is 2. The third-order valence-electron chi connectivity index (χ3n) is 3.14. The number of likely N-dealkylation sites (N-methyl/N-ethyl adjacent to an activating group) is 1. The zero-order chi connectivity index (χ0) is 13.1. The molecule has 18 heavy (non-hydrogen) atoms. The van der Waals surface area contributed by atoms with Crippen LogP contribution in [-0.4, -0.2) is 31.0 Å². The van der Waals surface area contributed by atoms with Crippen molar-refractivity contribution in [1.82, 2.24) is 4.90 Å². The van der Waals surface area contributed by atoms with Crippen molar-refractivity contribution in [3.8, 4) is 11.8 Å². The Bertz CT molecular complexity index is 493. The molecule has 0 aliphatic carbocycles. The predicted molar refractivity (Wildman–Crippen MR) is 67.1 cm³/mol. The molecule has 1 aromatic rings. The van der Waals surface area contributed by atoms with Crippen LogP contribution in [-0.2, 0) is 4.79 Å². The molecule has 94 valence electrons. The van der Waals surface area contributed by atoms with Gasteiger partial charge in [0.05, 0.1) is 12.0 Å². The van der Waals surface area contributed by atoms with E-state index in [-0.39, 0.29) is 17.7 Å². The fourth-order valence-corrected chi connectivity index (χ4v) is 2.17. The van der Waals surface area contributed by atoms with E-state index in [1.807, 2.05) is 31.2 Å². The van der Waals surface area contributed by atoms with E-state index < -0.39 is 0 Å². The van der Waals surface area contributed by atoms with Crippen LogP contribution in [0.4, 0.5) is 0 Å². The van der Waals surface area contributed by atoms with Gasteiger partial charge in [0.25, 0.3) is 0 Å². The summed E-state index contributed by atoms with van der Waals surface area (Å²) >= 11 is 0. The lowest BCUT2D eigenvalue weighted by molar-refractivity contribution is -0.132. The number of benzene rings is 1. The number of amides is 1. The highest BCUT2D eigenvalue weighted by atomic mass is 16.5. The van der Waals surface area contributed by atoms with Gasteiger partial charge in [-0.2, -0.15) is 5.26 Å². The summed E-state index contributed by atoms with van der Waals surface area (Å²) < 4.78 is 5.50. The first kappa shape index (κ1) is 12.4. The molecule has 1 aliphatic heterocycles. The Morgan fingerprint density at radius 1 is 1.61 bits per heavy atom. The molecule has 0 saturated carbocycles. The summed E-state index contributed by atoms with van der Waals surface area (Å²) in [5, 5.41) is 8.78. The number of fused-ring (bicyclic) bond motifs is 1. The summed E-state index contributed by atoms with van der Waals surface area (Å²) in [6.07, 6.45) is 0. The molecular weight excluding hydrogens is 228 g/mol. The van der Waals surface area contributed by atoms with Crippen LogP contribution in [0.5, 0.6) is 5.75 Å². The first-order valence-electron chi connectivity index (χ1n) is 5.99. The normalized spacial score (nSPS) is 18.4. The molecule has 0 radical (unpaired) electrons.